The van der Waals surface area contributed by atoms with Crippen LogP contribution in [0.25, 0.3) is 10.9 Å². The number of carbonyl (C=O) groups is 1. The largest absolute Gasteiger partial charge is 0.444 e. The predicted octanol–water partition coefficient (Wildman–Crippen LogP) is 4.92. The molecule has 0 N–H and O–H groups in total. The van der Waals surface area contributed by atoms with Crippen LogP contribution in [0.2, 0.25) is 0 Å². The first-order valence-corrected chi connectivity index (χ1v) is 8.92. The topological polar surface area (TPSA) is 34.5 Å². The van der Waals surface area contributed by atoms with Crippen molar-refractivity contribution in [3.8, 4) is 0 Å². The van der Waals surface area contributed by atoms with Crippen LogP contribution in [-0.2, 0) is 4.74 Å². The molecule has 1 aliphatic heterocycles. The highest BCUT2D eigenvalue weighted by Crippen LogP contribution is 2.32. The summed E-state index contributed by atoms with van der Waals surface area (Å²) in [4.78, 5) is 13.6. The van der Waals surface area contributed by atoms with Crippen molar-refractivity contribution in [2.45, 2.75) is 45.0 Å². The SMILES string of the molecule is CC(C)(C)OC(=O)N1CC[C@H](n2ccc3c(Br)cccc32)[C@@H](F)C1. The second-order valence-electron chi connectivity index (χ2n) is 7.19. The van der Waals surface area contributed by atoms with Crippen LogP contribution in [0.1, 0.15) is 33.2 Å². The molecule has 3 rings (SSSR count). The fraction of sp³-hybridized carbons (Fsp3) is 0.500. The number of nitrogens with zero attached hydrogens (tertiary/aromatic N) is 2. The van der Waals surface area contributed by atoms with Gasteiger partial charge in [0.05, 0.1) is 12.6 Å². The van der Waals surface area contributed by atoms with Crippen molar-refractivity contribution in [2.75, 3.05) is 13.1 Å². The van der Waals surface area contributed by atoms with Crippen molar-refractivity contribution >= 4 is 32.9 Å². The Morgan fingerprint density at radius 3 is 2.75 bits per heavy atom. The van der Waals surface area contributed by atoms with E-state index in [9.17, 15) is 9.18 Å². The van der Waals surface area contributed by atoms with E-state index >= 15 is 0 Å². The van der Waals surface area contributed by atoms with E-state index < -0.39 is 17.9 Å². The van der Waals surface area contributed by atoms with Gasteiger partial charge in [-0.05, 0) is 45.4 Å². The molecule has 0 radical (unpaired) electrons. The summed E-state index contributed by atoms with van der Waals surface area (Å²) in [6.07, 6.45) is 0.927. The van der Waals surface area contributed by atoms with E-state index in [1.54, 1.807) is 0 Å². The third kappa shape index (κ3) is 3.43. The third-order valence-electron chi connectivity index (χ3n) is 4.23. The van der Waals surface area contributed by atoms with E-state index in [-0.39, 0.29) is 12.6 Å². The lowest BCUT2D eigenvalue weighted by atomic mass is 10.0. The number of carbonyl (C=O) groups excluding carboxylic acids is 1. The summed E-state index contributed by atoms with van der Waals surface area (Å²) in [7, 11) is 0. The lowest BCUT2D eigenvalue weighted by Gasteiger charge is -2.36. The lowest BCUT2D eigenvalue weighted by Crippen LogP contribution is -2.47. The Bertz CT molecular complexity index is 753. The number of benzene rings is 1. The fourth-order valence-corrected chi connectivity index (χ4v) is 3.63. The Morgan fingerprint density at radius 2 is 2.08 bits per heavy atom. The lowest BCUT2D eigenvalue weighted by molar-refractivity contribution is 0.00708. The zero-order valence-electron chi connectivity index (χ0n) is 14.1. The van der Waals surface area contributed by atoms with Gasteiger partial charge in [-0.25, -0.2) is 9.18 Å². The van der Waals surface area contributed by atoms with Crippen molar-refractivity contribution in [3.63, 3.8) is 0 Å². The van der Waals surface area contributed by atoms with Gasteiger partial charge in [0.2, 0.25) is 0 Å². The van der Waals surface area contributed by atoms with Gasteiger partial charge < -0.3 is 14.2 Å². The Kier molecular flexibility index (Phi) is 4.60. The molecule has 0 spiro atoms. The minimum Gasteiger partial charge on any atom is -0.444 e. The molecule has 2 heterocycles. The number of piperidine rings is 1. The monoisotopic (exact) mass is 396 g/mol. The molecule has 2 aromatic rings. The standard InChI is InChI=1S/C18H22BrFN2O2/c1-18(2,3)24-17(23)21-9-8-16(14(20)11-21)22-10-7-12-13(19)5-4-6-15(12)22/h4-7,10,14,16H,8-9,11H2,1-3H3/t14-,16-/m0/s1. The van der Waals surface area contributed by atoms with Crippen LogP contribution < -0.4 is 0 Å². The maximum absolute atomic E-state index is 14.8. The van der Waals surface area contributed by atoms with E-state index in [0.717, 1.165) is 15.4 Å². The number of halogens is 2. The van der Waals surface area contributed by atoms with Crippen LogP contribution in [0.15, 0.2) is 34.9 Å². The van der Waals surface area contributed by atoms with Gasteiger partial charge in [0.15, 0.2) is 0 Å². The number of rotatable bonds is 1. The molecule has 1 aliphatic rings. The van der Waals surface area contributed by atoms with Crippen molar-refractivity contribution < 1.29 is 13.9 Å². The summed E-state index contributed by atoms with van der Waals surface area (Å²) in [6.45, 7) is 6.00. The number of alkyl halides is 1. The summed E-state index contributed by atoms with van der Waals surface area (Å²) in [5, 5.41) is 1.07. The summed E-state index contributed by atoms with van der Waals surface area (Å²) in [6, 6.07) is 7.64. The van der Waals surface area contributed by atoms with Gasteiger partial charge in [-0.3, -0.25) is 0 Å². The normalized spacial score (nSPS) is 22.0. The van der Waals surface area contributed by atoms with Crippen LogP contribution in [0.5, 0.6) is 0 Å². The van der Waals surface area contributed by atoms with Crippen LogP contribution in [-0.4, -0.2) is 40.4 Å². The van der Waals surface area contributed by atoms with E-state index in [1.165, 1.54) is 4.90 Å². The smallest absolute Gasteiger partial charge is 0.410 e. The summed E-state index contributed by atoms with van der Waals surface area (Å²) < 4.78 is 23.1. The highest BCUT2D eigenvalue weighted by Gasteiger charge is 2.34. The Hall–Kier alpha value is -1.56. The molecular formula is C18H22BrFN2O2. The molecule has 1 saturated heterocycles. The molecule has 1 fully saturated rings. The van der Waals surface area contributed by atoms with E-state index in [4.69, 9.17) is 4.74 Å². The van der Waals surface area contributed by atoms with E-state index in [2.05, 4.69) is 15.9 Å². The molecule has 130 valence electrons. The number of fused-ring (bicyclic) bond motifs is 1. The van der Waals surface area contributed by atoms with Gasteiger partial charge in [-0.15, -0.1) is 0 Å². The van der Waals surface area contributed by atoms with Crippen molar-refractivity contribution in [2.24, 2.45) is 0 Å². The Labute approximate surface area is 149 Å². The molecule has 0 unspecified atom stereocenters. The maximum Gasteiger partial charge on any atom is 0.410 e. The average Bonchev–Trinajstić information content (AvgIpc) is 2.90. The van der Waals surface area contributed by atoms with Gasteiger partial charge in [-0.1, -0.05) is 22.0 Å². The number of hydrogen-bond donors (Lipinski definition) is 0. The van der Waals surface area contributed by atoms with Crippen LogP contribution in [0.4, 0.5) is 9.18 Å². The summed E-state index contributed by atoms with van der Waals surface area (Å²) >= 11 is 3.53. The number of hydrogen-bond acceptors (Lipinski definition) is 2. The van der Waals surface area contributed by atoms with Crippen LogP contribution in [0, 0.1) is 0 Å². The van der Waals surface area contributed by atoms with Crippen molar-refractivity contribution in [1.29, 1.82) is 0 Å². The zero-order valence-corrected chi connectivity index (χ0v) is 15.7. The molecule has 24 heavy (non-hydrogen) atoms. The van der Waals surface area contributed by atoms with Crippen molar-refractivity contribution in [1.82, 2.24) is 9.47 Å². The van der Waals surface area contributed by atoms with Crippen molar-refractivity contribution in [3.05, 3.63) is 34.9 Å². The summed E-state index contributed by atoms with van der Waals surface area (Å²) in [5.41, 5.74) is 0.436. The quantitative estimate of drug-likeness (QED) is 0.684. The molecule has 0 bridgehead atoms. The molecule has 6 heteroatoms. The van der Waals surface area contributed by atoms with Crippen LogP contribution >= 0.6 is 15.9 Å². The van der Waals surface area contributed by atoms with Gasteiger partial charge in [0, 0.05) is 28.1 Å². The number of amides is 1. The molecule has 1 aromatic heterocycles. The molecule has 1 aromatic carbocycles. The third-order valence-corrected chi connectivity index (χ3v) is 4.92. The second kappa shape index (κ2) is 6.39. The van der Waals surface area contributed by atoms with Gasteiger partial charge in [-0.2, -0.15) is 0 Å². The van der Waals surface area contributed by atoms with Gasteiger partial charge in [0.1, 0.15) is 11.8 Å². The fourth-order valence-electron chi connectivity index (χ4n) is 3.14. The zero-order chi connectivity index (χ0) is 17.5. The minimum atomic E-state index is -1.12. The first kappa shape index (κ1) is 17.3. The minimum absolute atomic E-state index is 0.0628. The molecule has 0 saturated carbocycles. The molecule has 1 amide bonds. The highest BCUT2D eigenvalue weighted by atomic mass is 79.9. The summed E-state index contributed by atoms with van der Waals surface area (Å²) in [5.74, 6) is 0. The number of ether oxygens (including phenoxy) is 1. The molecule has 0 aliphatic carbocycles. The predicted molar refractivity (Wildman–Crippen MR) is 96.0 cm³/mol. The average molecular weight is 397 g/mol. The van der Waals surface area contributed by atoms with Gasteiger partial charge in [0.25, 0.3) is 0 Å². The first-order chi connectivity index (χ1) is 11.3. The first-order valence-electron chi connectivity index (χ1n) is 8.13. The van der Waals surface area contributed by atoms with Crippen LogP contribution in [0.3, 0.4) is 0 Å². The highest BCUT2D eigenvalue weighted by molar-refractivity contribution is 9.10. The second-order valence-corrected chi connectivity index (χ2v) is 8.05. The number of likely N-dealkylation sites (tertiary alicyclic amines) is 1. The Balaban J connectivity index is 1.76. The maximum atomic E-state index is 14.8. The Morgan fingerprint density at radius 1 is 1.33 bits per heavy atom. The van der Waals surface area contributed by atoms with Gasteiger partial charge >= 0.3 is 6.09 Å². The van der Waals surface area contributed by atoms with E-state index in [1.807, 2.05) is 55.8 Å². The molecular weight excluding hydrogens is 375 g/mol. The molecule has 4 nitrogen and oxygen atoms in total. The van der Waals surface area contributed by atoms with E-state index in [0.29, 0.717) is 13.0 Å². The number of aromatic nitrogens is 1. The molecule has 2 atom stereocenters.